The average molecular weight is 423 g/mol. The van der Waals surface area contributed by atoms with Crippen LogP contribution < -0.4 is 0 Å². The fraction of sp³-hybridized carbons (Fsp3) is 0.450. The van der Waals surface area contributed by atoms with Crippen LogP contribution in [-0.4, -0.2) is 62.6 Å². The lowest BCUT2D eigenvalue weighted by Crippen LogP contribution is -2.47. The molecule has 1 amide bonds. The molecule has 0 aliphatic carbocycles. The first-order valence-corrected chi connectivity index (χ1v) is 11.8. The maximum absolute atomic E-state index is 13.2. The largest absolute Gasteiger partial charge is 0.383 e. The minimum Gasteiger partial charge on any atom is -0.383 e. The van der Waals surface area contributed by atoms with Gasteiger partial charge in [0.15, 0.2) is 0 Å². The number of fused-ring (bicyclic) bond motifs is 1. The molecule has 3 rings (SSSR count). The van der Waals surface area contributed by atoms with Crippen LogP contribution in [0.2, 0.25) is 0 Å². The molecule has 152 valence electrons. The lowest BCUT2D eigenvalue weighted by atomic mass is 9.93. The van der Waals surface area contributed by atoms with Crippen molar-refractivity contribution in [1.82, 2.24) is 9.21 Å². The Morgan fingerprint density at radius 1 is 1.29 bits per heavy atom. The quantitative estimate of drug-likeness (QED) is 0.656. The van der Waals surface area contributed by atoms with Gasteiger partial charge in [0.25, 0.3) is 0 Å². The smallest absolute Gasteiger partial charge is 0.238 e. The minimum atomic E-state index is -3.49. The first kappa shape index (κ1) is 21.0. The molecule has 0 saturated carbocycles. The van der Waals surface area contributed by atoms with Crippen LogP contribution in [0.1, 0.15) is 29.0 Å². The zero-order valence-corrected chi connectivity index (χ0v) is 17.8. The zero-order chi connectivity index (χ0) is 20.1. The van der Waals surface area contributed by atoms with E-state index in [4.69, 9.17) is 4.74 Å². The van der Waals surface area contributed by atoms with E-state index in [9.17, 15) is 13.2 Å². The van der Waals surface area contributed by atoms with E-state index in [0.29, 0.717) is 6.54 Å². The van der Waals surface area contributed by atoms with Crippen LogP contribution in [0.15, 0.2) is 41.8 Å². The summed E-state index contributed by atoms with van der Waals surface area (Å²) in [5.74, 6) is -0.223. The molecule has 0 spiro atoms. The summed E-state index contributed by atoms with van der Waals surface area (Å²) in [6.45, 7) is 2.43. The zero-order valence-electron chi connectivity index (χ0n) is 16.2. The Morgan fingerprint density at radius 3 is 2.71 bits per heavy atom. The van der Waals surface area contributed by atoms with Crippen molar-refractivity contribution in [2.45, 2.75) is 19.4 Å². The van der Waals surface area contributed by atoms with Crippen molar-refractivity contribution in [3.63, 3.8) is 0 Å². The Bertz CT molecular complexity index is 896. The lowest BCUT2D eigenvalue weighted by molar-refractivity contribution is -0.133. The lowest BCUT2D eigenvalue weighted by Gasteiger charge is -2.37. The van der Waals surface area contributed by atoms with E-state index in [1.807, 2.05) is 35.2 Å². The normalized spacial score (nSPS) is 17.0. The molecule has 0 saturated heterocycles. The molecule has 1 aromatic carbocycles. The van der Waals surface area contributed by atoms with Crippen LogP contribution in [0.25, 0.3) is 0 Å². The number of rotatable bonds is 8. The maximum Gasteiger partial charge on any atom is 0.238 e. The molecule has 0 fully saturated rings. The van der Waals surface area contributed by atoms with Crippen molar-refractivity contribution in [1.29, 1.82) is 0 Å². The van der Waals surface area contributed by atoms with Gasteiger partial charge in [0, 0.05) is 25.1 Å². The van der Waals surface area contributed by atoms with Crippen LogP contribution in [0.3, 0.4) is 0 Å². The van der Waals surface area contributed by atoms with Crippen LogP contribution in [0, 0.1) is 0 Å². The molecule has 0 N–H and O–H groups in total. The van der Waals surface area contributed by atoms with Crippen LogP contribution in [-0.2, 0) is 26.0 Å². The Labute approximate surface area is 170 Å². The summed E-state index contributed by atoms with van der Waals surface area (Å²) in [5.41, 5.74) is 2.18. The molecule has 1 aliphatic heterocycles. The molecule has 1 aliphatic rings. The molecule has 6 nitrogen and oxygen atoms in total. The van der Waals surface area contributed by atoms with E-state index in [0.717, 1.165) is 17.5 Å². The van der Waals surface area contributed by atoms with Gasteiger partial charge in [0.1, 0.15) is 0 Å². The minimum absolute atomic E-state index is 0.0409. The Balaban J connectivity index is 1.88. The third-order valence-electron chi connectivity index (χ3n) is 5.02. The number of carbonyl (C=O) groups is 1. The second-order valence-electron chi connectivity index (χ2n) is 6.68. The summed E-state index contributed by atoms with van der Waals surface area (Å²) in [4.78, 5) is 16.3. The van der Waals surface area contributed by atoms with Gasteiger partial charge in [0.05, 0.1) is 24.9 Å². The van der Waals surface area contributed by atoms with Crippen molar-refractivity contribution < 1.29 is 17.9 Å². The summed E-state index contributed by atoms with van der Waals surface area (Å²) < 4.78 is 31.1. The fourth-order valence-electron chi connectivity index (χ4n) is 3.51. The molecular formula is C20H26N2O4S2. The highest BCUT2D eigenvalue weighted by Gasteiger charge is 2.34. The summed E-state index contributed by atoms with van der Waals surface area (Å²) in [6, 6.07) is 11.8. The molecule has 2 heterocycles. The summed E-state index contributed by atoms with van der Waals surface area (Å²) in [6.07, 6.45) is 0.792. The number of hydrogen-bond acceptors (Lipinski definition) is 5. The standard InChI is InChI=1S/C20H26N2O4S2/c1-3-28(24,25)21(12-13-26-2)15-19(23)22-11-9-18-17(10-14-27-18)20(22)16-7-5-4-6-8-16/h4-8,10,14,20H,3,9,11-13,15H2,1-2H3. The average Bonchev–Trinajstić information content (AvgIpc) is 3.19. The number of nitrogens with zero attached hydrogens (tertiary/aromatic N) is 2. The van der Waals surface area contributed by atoms with Gasteiger partial charge in [-0.2, -0.15) is 4.31 Å². The van der Waals surface area contributed by atoms with E-state index >= 15 is 0 Å². The first-order valence-electron chi connectivity index (χ1n) is 9.35. The van der Waals surface area contributed by atoms with Gasteiger partial charge in [-0.05, 0) is 35.9 Å². The molecule has 28 heavy (non-hydrogen) atoms. The number of hydrogen-bond donors (Lipinski definition) is 0. The van der Waals surface area contributed by atoms with Gasteiger partial charge >= 0.3 is 0 Å². The highest BCUT2D eigenvalue weighted by atomic mass is 32.2. The monoisotopic (exact) mass is 422 g/mol. The second-order valence-corrected chi connectivity index (χ2v) is 9.93. The Hall–Kier alpha value is -1.74. The van der Waals surface area contributed by atoms with Gasteiger partial charge in [-0.15, -0.1) is 11.3 Å². The van der Waals surface area contributed by atoms with E-state index in [1.54, 1.807) is 18.3 Å². The highest BCUT2D eigenvalue weighted by Crippen LogP contribution is 2.37. The molecule has 2 aromatic rings. The van der Waals surface area contributed by atoms with E-state index in [1.165, 1.54) is 16.3 Å². The number of thiophene rings is 1. The summed E-state index contributed by atoms with van der Waals surface area (Å²) in [7, 11) is -1.97. The third-order valence-corrected chi connectivity index (χ3v) is 7.84. The van der Waals surface area contributed by atoms with Crippen molar-refractivity contribution in [2.75, 3.05) is 39.1 Å². The molecule has 1 aromatic heterocycles. The van der Waals surface area contributed by atoms with Crippen LogP contribution >= 0.6 is 11.3 Å². The number of methoxy groups -OCH3 is 1. The number of benzene rings is 1. The first-order chi connectivity index (χ1) is 13.5. The van der Waals surface area contributed by atoms with E-state index < -0.39 is 10.0 Å². The van der Waals surface area contributed by atoms with Crippen molar-refractivity contribution >= 4 is 27.3 Å². The van der Waals surface area contributed by atoms with Crippen LogP contribution in [0.4, 0.5) is 0 Å². The topological polar surface area (TPSA) is 66.9 Å². The summed E-state index contributed by atoms with van der Waals surface area (Å²) in [5, 5.41) is 2.06. The molecule has 0 radical (unpaired) electrons. The van der Waals surface area contributed by atoms with Crippen molar-refractivity contribution in [3.05, 3.63) is 57.8 Å². The Kier molecular flexibility index (Phi) is 6.87. The van der Waals surface area contributed by atoms with E-state index in [2.05, 4.69) is 11.4 Å². The Morgan fingerprint density at radius 2 is 2.04 bits per heavy atom. The molecular weight excluding hydrogens is 396 g/mol. The van der Waals surface area contributed by atoms with Gasteiger partial charge in [-0.1, -0.05) is 30.3 Å². The summed E-state index contributed by atoms with van der Waals surface area (Å²) >= 11 is 1.71. The molecule has 0 bridgehead atoms. The van der Waals surface area contributed by atoms with Gasteiger partial charge < -0.3 is 9.64 Å². The second kappa shape index (κ2) is 9.17. The number of sulfonamides is 1. The predicted molar refractivity (Wildman–Crippen MR) is 111 cm³/mol. The van der Waals surface area contributed by atoms with Gasteiger partial charge in [-0.3, -0.25) is 4.79 Å². The van der Waals surface area contributed by atoms with E-state index in [-0.39, 0.29) is 37.4 Å². The maximum atomic E-state index is 13.2. The number of amides is 1. The highest BCUT2D eigenvalue weighted by molar-refractivity contribution is 7.89. The third kappa shape index (κ3) is 4.46. The van der Waals surface area contributed by atoms with Crippen molar-refractivity contribution in [3.8, 4) is 0 Å². The molecule has 1 atom stereocenters. The van der Waals surface area contributed by atoms with Crippen LogP contribution in [0.5, 0.6) is 0 Å². The number of carbonyl (C=O) groups excluding carboxylic acids is 1. The molecule has 8 heteroatoms. The van der Waals surface area contributed by atoms with Gasteiger partial charge in [0.2, 0.25) is 15.9 Å². The fourth-order valence-corrected chi connectivity index (χ4v) is 5.44. The molecule has 1 unspecified atom stereocenters. The number of ether oxygens (including phenoxy) is 1. The predicted octanol–water partition coefficient (Wildman–Crippen LogP) is 2.52. The van der Waals surface area contributed by atoms with Crippen molar-refractivity contribution in [2.24, 2.45) is 0 Å². The van der Waals surface area contributed by atoms with Gasteiger partial charge in [-0.25, -0.2) is 8.42 Å². The SMILES string of the molecule is CCS(=O)(=O)N(CCOC)CC(=O)N1CCc2sccc2C1c1ccccc1.